The molecule has 1 aromatic carbocycles. The fraction of sp³-hybridized carbons (Fsp3) is 0.316. The van der Waals surface area contributed by atoms with Gasteiger partial charge < -0.3 is 15.0 Å². The Bertz CT molecular complexity index is 1100. The molecular formula is C19H18F3N5O2. The highest BCUT2D eigenvalue weighted by atomic mass is 19.4. The Balaban J connectivity index is 1.64. The molecule has 0 bridgehead atoms. The lowest BCUT2D eigenvalue weighted by Crippen LogP contribution is -2.25. The van der Waals surface area contributed by atoms with E-state index in [1.807, 2.05) is 19.9 Å². The van der Waals surface area contributed by atoms with Crippen molar-refractivity contribution in [2.75, 3.05) is 5.32 Å². The second-order valence-electron chi connectivity index (χ2n) is 7.50. The van der Waals surface area contributed by atoms with Crippen LogP contribution in [0.2, 0.25) is 0 Å². The normalized spacial score (nSPS) is 15.1. The van der Waals surface area contributed by atoms with Crippen LogP contribution < -0.4 is 10.1 Å². The number of H-pyrrole nitrogens is 2. The topological polar surface area (TPSA) is 95.7 Å². The number of hydrogen-bond donors (Lipinski definition) is 3. The summed E-state index contributed by atoms with van der Waals surface area (Å²) in [5.41, 5.74) is 0.0439. The number of hydrogen-bond acceptors (Lipinski definition) is 4. The fourth-order valence-electron chi connectivity index (χ4n) is 3.40. The smallest absolute Gasteiger partial charge is 0.435 e. The lowest BCUT2D eigenvalue weighted by atomic mass is 10.0. The molecule has 152 valence electrons. The van der Waals surface area contributed by atoms with Crippen LogP contribution in [0.4, 0.5) is 18.9 Å². The number of imidazole rings is 1. The van der Waals surface area contributed by atoms with Crippen molar-refractivity contribution >= 4 is 11.6 Å². The third-order valence-electron chi connectivity index (χ3n) is 4.61. The largest absolute Gasteiger partial charge is 0.486 e. The number of carbonyl (C=O) groups excluding carboxylic acids is 1. The molecule has 1 aliphatic heterocycles. The first kappa shape index (κ1) is 19.0. The van der Waals surface area contributed by atoms with Crippen LogP contribution in [0.25, 0.3) is 11.5 Å². The predicted octanol–water partition coefficient (Wildman–Crippen LogP) is 4.09. The summed E-state index contributed by atoms with van der Waals surface area (Å²) >= 11 is 0. The molecule has 0 aliphatic carbocycles. The molecule has 3 heterocycles. The number of anilines is 1. The van der Waals surface area contributed by atoms with Crippen LogP contribution in [0.3, 0.4) is 0 Å². The number of aryl methyl sites for hydroxylation is 1. The van der Waals surface area contributed by atoms with Crippen LogP contribution in [0.15, 0.2) is 24.4 Å². The van der Waals surface area contributed by atoms with E-state index in [2.05, 4.69) is 25.5 Å². The van der Waals surface area contributed by atoms with Crippen molar-refractivity contribution < 1.29 is 22.7 Å². The van der Waals surface area contributed by atoms with Crippen LogP contribution in [-0.4, -0.2) is 31.7 Å². The Hall–Kier alpha value is -3.30. The van der Waals surface area contributed by atoms with E-state index in [1.54, 1.807) is 12.1 Å². The molecule has 2 aromatic heterocycles. The number of alkyl halides is 3. The van der Waals surface area contributed by atoms with E-state index >= 15 is 0 Å². The second-order valence-corrected chi connectivity index (χ2v) is 7.50. The van der Waals surface area contributed by atoms with E-state index in [0.717, 1.165) is 5.56 Å². The lowest BCUT2D eigenvalue weighted by Gasteiger charge is -2.18. The van der Waals surface area contributed by atoms with E-state index in [0.29, 0.717) is 17.7 Å². The van der Waals surface area contributed by atoms with Gasteiger partial charge in [-0.05, 0) is 32.4 Å². The number of nitrogens with one attached hydrogen (secondary N) is 3. The number of amides is 1. The molecule has 7 nitrogen and oxygen atoms in total. The van der Waals surface area contributed by atoms with Crippen molar-refractivity contribution in [3.05, 3.63) is 46.9 Å². The summed E-state index contributed by atoms with van der Waals surface area (Å²) in [6, 6.07) is 5.29. The fourth-order valence-corrected chi connectivity index (χ4v) is 3.40. The van der Waals surface area contributed by atoms with Gasteiger partial charge >= 0.3 is 6.18 Å². The maximum atomic E-state index is 13.0. The molecule has 3 N–H and O–H groups in total. The first-order valence-corrected chi connectivity index (χ1v) is 8.85. The summed E-state index contributed by atoms with van der Waals surface area (Å²) in [4.78, 5) is 19.0. The zero-order valence-electron chi connectivity index (χ0n) is 15.9. The zero-order chi connectivity index (χ0) is 21.0. The van der Waals surface area contributed by atoms with Crippen LogP contribution >= 0.6 is 0 Å². The highest BCUT2D eigenvalue weighted by Gasteiger charge is 2.37. The molecular weight excluding hydrogens is 387 g/mol. The second kappa shape index (κ2) is 6.36. The van der Waals surface area contributed by atoms with Crippen LogP contribution in [0.1, 0.15) is 41.2 Å². The highest BCUT2D eigenvalue weighted by Crippen LogP contribution is 2.38. The number of carbonyl (C=O) groups is 1. The zero-order valence-corrected chi connectivity index (χ0v) is 15.9. The van der Waals surface area contributed by atoms with Crippen molar-refractivity contribution in [3.8, 4) is 17.3 Å². The van der Waals surface area contributed by atoms with Gasteiger partial charge in [0.15, 0.2) is 11.5 Å². The van der Waals surface area contributed by atoms with Gasteiger partial charge in [-0.1, -0.05) is 12.1 Å². The molecule has 0 atom stereocenters. The third kappa shape index (κ3) is 3.45. The van der Waals surface area contributed by atoms with Crippen molar-refractivity contribution in [1.29, 1.82) is 0 Å². The van der Waals surface area contributed by atoms with E-state index in [-0.39, 0.29) is 22.9 Å². The Labute approximate surface area is 163 Å². The average molecular weight is 405 g/mol. The minimum atomic E-state index is -4.59. The molecule has 4 rings (SSSR count). The maximum Gasteiger partial charge on any atom is 0.435 e. The molecule has 0 fully saturated rings. The summed E-state index contributed by atoms with van der Waals surface area (Å²) in [7, 11) is 0. The van der Waals surface area contributed by atoms with Crippen LogP contribution in [0.5, 0.6) is 5.75 Å². The molecule has 0 spiro atoms. The molecule has 0 radical (unpaired) electrons. The average Bonchev–Trinajstić information content (AvgIpc) is 3.28. The first-order valence-electron chi connectivity index (χ1n) is 8.85. The Morgan fingerprint density at radius 2 is 2.07 bits per heavy atom. The molecule has 1 aliphatic rings. The number of halogens is 3. The van der Waals surface area contributed by atoms with Crippen molar-refractivity contribution in [2.24, 2.45) is 0 Å². The summed E-state index contributed by atoms with van der Waals surface area (Å²) in [6.45, 7) is 5.14. The van der Waals surface area contributed by atoms with Gasteiger partial charge in [0.1, 0.15) is 17.0 Å². The van der Waals surface area contributed by atoms with Gasteiger partial charge in [0.25, 0.3) is 5.91 Å². The Kier molecular flexibility index (Phi) is 4.18. The first-order chi connectivity index (χ1) is 13.5. The molecule has 0 saturated heterocycles. The van der Waals surface area contributed by atoms with Gasteiger partial charge in [-0.3, -0.25) is 9.89 Å². The van der Waals surface area contributed by atoms with E-state index in [9.17, 15) is 18.0 Å². The Morgan fingerprint density at radius 3 is 2.76 bits per heavy atom. The predicted molar refractivity (Wildman–Crippen MR) is 98.7 cm³/mol. The van der Waals surface area contributed by atoms with Crippen molar-refractivity contribution in [2.45, 2.75) is 39.0 Å². The number of aromatic amines is 2. The van der Waals surface area contributed by atoms with Gasteiger partial charge in [0.2, 0.25) is 0 Å². The summed E-state index contributed by atoms with van der Waals surface area (Å²) < 4.78 is 45.0. The molecule has 3 aromatic rings. The van der Waals surface area contributed by atoms with E-state index in [4.69, 9.17) is 4.74 Å². The summed E-state index contributed by atoms with van der Waals surface area (Å²) in [5, 5.41) is 9.08. The quantitative estimate of drug-likeness (QED) is 0.612. The van der Waals surface area contributed by atoms with Crippen molar-refractivity contribution in [1.82, 2.24) is 20.2 Å². The molecule has 1 amide bonds. The van der Waals surface area contributed by atoms with Gasteiger partial charge in [0.05, 0.1) is 17.4 Å². The summed E-state index contributed by atoms with van der Waals surface area (Å²) in [6.07, 6.45) is -2.60. The molecule has 0 unspecified atom stereocenters. The number of fused-ring (bicyclic) bond motifs is 1. The van der Waals surface area contributed by atoms with E-state index < -0.39 is 23.4 Å². The number of rotatable bonds is 3. The number of para-hydroxylation sites is 1. The summed E-state index contributed by atoms with van der Waals surface area (Å²) in [5.74, 6) is -0.0203. The number of nitrogens with zero attached hydrogens (tertiary/aromatic N) is 2. The van der Waals surface area contributed by atoms with Crippen molar-refractivity contribution in [3.63, 3.8) is 0 Å². The Morgan fingerprint density at radius 1 is 1.31 bits per heavy atom. The standard InChI is InChI=1S/C19H18F3N5O2/c1-9-15(19(20,21)22)26-16(24-9)13-12(8-23-27-13)25-17(28)11-6-4-5-10-7-18(2,3)29-14(10)11/h4-6,8H,7H2,1-3H3,(H,23,27)(H,24,26)(H,25,28). The van der Waals surface area contributed by atoms with Gasteiger partial charge in [-0.25, -0.2) is 4.98 Å². The minimum Gasteiger partial charge on any atom is -0.486 e. The van der Waals surface area contributed by atoms with Gasteiger partial charge in [-0.2, -0.15) is 18.3 Å². The number of aromatic nitrogens is 4. The maximum absolute atomic E-state index is 13.0. The minimum absolute atomic E-state index is 0.0710. The van der Waals surface area contributed by atoms with Crippen LogP contribution in [0, 0.1) is 6.92 Å². The molecule has 0 saturated carbocycles. The van der Waals surface area contributed by atoms with Crippen LogP contribution in [-0.2, 0) is 12.6 Å². The molecule has 10 heteroatoms. The molecule has 29 heavy (non-hydrogen) atoms. The van der Waals surface area contributed by atoms with E-state index in [1.165, 1.54) is 13.1 Å². The highest BCUT2D eigenvalue weighted by molar-refractivity contribution is 6.07. The number of ether oxygens (including phenoxy) is 1. The SMILES string of the molecule is Cc1[nH]c(-c2[nH]ncc2NC(=O)c2cccc3c2OC(C)(C)C3)nc1C(F)(F)F. The number of benzene rings is 1. The third-order valence-corrected chi connectivity index (χ3v) is 4.61. The monoisotopic (exact) mass is 405 g/mol. The van der Waals surface area contributed by atoms with Gasteiger partial charge in [-0.15, -0.1) is 0 Å². The lowest BCUT2D eigenvalue weighted by molar-refractivity contribution is -0.141. The van der Waals surface area contributed by atoms with Gasteiger partial charge in [0, 0.05) is 12.1 Å².